The Morgan fingerprint density at radius 2 is 2.00 bits per heavy atom. The molecule has 0 fully saturated rings. The number of hydrogen-bond donors (Lipinski definition) is 3. The van der Waals surface area contributed by atoms with Gasteiger partial charge in [-0.25, -0.2) is 0 Å². The maximum atomic E-state index is 12.0. The van der Waals surface area contributed by atoms with E-state index in [4.69, 9.17) is 11.5 Å². The summed E-state index contributed by atoms with van der Waals surface area (Å²) in [4.78, 5) is 12.0. The van der Waals surface area contributed by atoms with Gasteiger partial charge < -0.3 is 16.8 Å². The lowest BCUT2D eigenvalue weighted by molar-refractivity contribution is 0.102. The predicted octanol–water partition coefficient (Wildman–Crippen LogP) is 2.74. The third kappa shape index (κ3) is 3.33. The van der Waals surface area contributed by atoms with Gasteiger partial charge in [-0.15, -0.1) is 0 Å². The molecule has 0 spiro atoms. The van der Waals surface area contributed by atoms with E-state index in [1.165, 1.54) is 0 Å². The fourth-order valence-electron chi connectivity index (χ4n) is 1.69. The molecule has 4 nitrogen and oxygen atoms in total. The summed E-state index contributed by atoms with van der Waals surface area (Å²) < 4.78 is 0.859. The lowest BCUT2D eigenvalue weighted by atomic mass is 10.1. The molecule has 5 heteroatoms. The average Bonchev–Trinajstić information content (AvgIpc) is 2.39. The molecule has 0 saturated heterocycles. The van der Waals surface area contributed by atoms with Crippen LogP contribution in [-0.2, 0) is 6.54 Å². The number of nitrogen functional groups attached to an aromatic ring is 1. The van der Waals surface area contributed by atoms with Gasteiger partial charge in [0.05, 0.1) is 0 Å². The van der Waals surface area contributed by atoms with Gasteiger partial charge in [-0.1, -0.05) is 28.1 Å². The lowest BCUT2D eigenvalue weighted by Crippen LogP contribution is -2.12. The van der Waals surface area contributed by atoms with E-state index in [0.29, 0.717) is 23.5 Å². The second-order valence-electron chi connectivity index (χ2n) is 4.08. The van der Waals surface area contributed by atoms with Crippen molar-refractivity contribution in [2.45, 2.75) is 6.54 Å². The van der Waals surface area contributed by atoms with E-state index < -0.39 is 0 Å². The summed E-state index contributed by atoms with van der Waals surface area (Å²) in [6.45, 7) is 0.381. The molecule has 2 rings (SSSR count). The first kappa shape index (κ1) is 13.6. The van der Waals surface area contributed by atoms with Crippen LogP contribution in [0.25, 0.3) is 0 Å². The summed E-state index contributed by atoms with van der Waals surface area (Å²) in [7, 11) is 0. The Hall–Kier alpha value is -1.85. The smallest absolute Gasteiger partial charge is 0.255 e. The standard InChI is InChI=1S/C14H14BrN3O/c15-11-3-1-2-9(6-11)14(19)18-12-5-4-10(8-16)13(17)7-12/h1-7H,8,16-17H2,(H,18,19). The van der Waals surface area contributed by atoms with Gasteiger partial charge >= 0.3 is 0 Å². The molecule has 2 aromatic rings. The number of hydrogen-bond acceptors (Lipinski definition) is 3. The number of nitrogens with two attached hydrogens (primary N) is 2. The van der Waals surface area contributed by atoms with Gasteiger partial charge in [0.15, 0.2) is 0 Å². The van der Waals surface area contributed by atoms with E-state index in [-0.39, 0.29) is 5.91 Å². The van der Waals surface area contributed by atoms with Crippen molar-refractivity contribution in [2.75, 3.05) is 11.1 Å². The number of nitrogens with one attached hydrogen (secondary N) is 1. The number of benzene rings is 2. The maximum absolute atomic E-state index is 12.0. The third-order valence-corrected chi connectivity index (χ3v) is 3.20. The Morgan fingerprint density at radius 1 is 1.21 bits per heavy atom. The van der Waals surface area contributed by atoms with Gasteiger partial charge in [-0.05, 0) is 35.9 Å². The maximum Gasteiger partial charge on any atom is 0.255 e. The molecule has 1 amide bonds. The van der Waals surface area contributed by atoms with Gasteiger partial charge in [0.2, 0.25) is 0 Å². The van der Waals surface area contributed by atoms with Crippen molar-refractivity contribution in [1.29, 1.82) is 0 Å². The van der Waals surface area contributed by atoms with Crippen LogP contribution in [0, 0.1) is 0 Å². The van der Waals surface area contributed by atoms with Crippen LogP contribution >= 0.6 is 15.9 Å². The highest BCUT2D eigenvalue weighted by Gasteiger charge is 2.07. The van der Waals surface area contributed by atoms with Crippen LogP contribution in [0.15, 0.2) is 46.9 Å². The SMILES string of the molecule is NCc1ccc(NC(=O)c2cccc(Br)c2)cc1N. The quantitative estimate of drug-likeness (QED) is 0.761. The molecular weight excluding hydrogens is 306 g/mol. The van der Waals surface area contributed by atoms with Gasteiger partial charge in [0.25, 0.3) is 5.91 Å². The van der Waals surface area contributed by atoms with Crippen molar-refractivity contribution >= 4 is 33.2 Å². The molecule has 98 valence electrons. The number of amides is 1. The largest absolute Gasteiger partial charge is 0.398 e. The van der Waals surface area contributed by atoms with Crippen molar-refractivity contribution in [2.24, 2.45) is 5.73 Å². The minimum Gasteiger partial charge on any atom is -0.398 e. The summed E-state index contributed by atoms with van der Waals surface area (Å²) in [6, 6.07) is 12.5. The molecule has 0 bridgehead atoms. The molecule has 2 aromatic carbocycles. The van der Waals surface area contributed by atoms with Crippen molar-refractivity contribution in [3.8, 4) is 0 Å². The summed E-state index contributed by atoms with van der Waals surface area (Å²) >= 11 is 3.33. The molecule has 0 unspecified atom stereocenters. The molecule has 0 heterocycles. The monoisotopic (exact) mass is 319 g/mol. The Kier molecular flexibility index (Phi) is 4.19. The molecule has 0 aliphatic carbocycles. The summed E-state index contributed by atoms with van der Waals surface area (Å²) in [6.07, 6.45) is 0. The van der Waals surface area contributed by atoms with Crippen molar-refractivity contribution in [1.82, 2.24) is 0 Å². The topological polar surface area (TPSA) is 81.1 Å². The molecule has 0 aliphatic rings. The molecule has 0 saturated carbocycles. The number of carbonyl (C=O) groups is 1. The van der Waals surface area contributed by atoms with Crippen molar-refractivity contribution < 1.29 is 4.79 Å². The Balaban J connectivity index is 2.17. The predicted molar refractivity (Wildman–Crippen MR) is 80.8 cm³/mol. The number of carbonyl (C=O) groups excluding carboxylic acids is 1. The molecule has 0 radical (unpaired) electrons. The average molecular weight is 320 g/mol. The van der Waals surface area contributed by atoms with E-state index >= 15 is 0 Å². The highest BCUT2D eigenvalue weighted by molar-refractivity contribution is 9.10. The molecule has 0 aliphatic heterocycles. The Bertz CT molecular complexity index is 613. The van der Waals surface area contributed by atoms with Gasteiger partial charge in [0.1, 0.15) is 0 Å². The van der Waals surface area contributed by atoms with Crippen LogP contribution in [-0.4, -0.2) is 5.91 Å². The zero-order valence-electron chi connectivity index (χ0n) is 10.2. The highest BCUT2D eigenvalue weighted by atomic mass is 79.9. The number of anilines is 2. The number of rotatable bonds is 3. The zero-order chi connectivity index (χ0) is 13.8. The second kappa shape index (κ2) is 5.86. The van der Waals surface area contributed by atoms with Crippen LogP contribution < -0.4 is 16.8 Å². The second-order valence-corrected chi connectivity index (χ2v) is 5.00. The van der Waals surface area contributed by atoms with Crippen LogP contribution in [0.4, 0.5) is 11.4 Å². The van der Waals surface area contributed by atoms with Gasteiger partial charge in [0, 0.05) is 28.0 Å². The van der Waals surface area contributed by atoms with Crippen LogP contribution in [0.3, 0.4) is 0 Å². The first-order valence-electron chi connectivity index (χ1n) is 5.75. The normalized spacial score (nSPS) is 10.2. The lowest BCUT2D eigenvalue weighted by Gasteiger charge is -2.08. The van der Waals surface area contributed by atoms with E-state index in [1.54, 1.807) is 24.3 Å². The first-order chi connectivity index (χ1) is 9.10. The molecule has 0 aromatic heterocycles. The van der Waals surface area contributed by atoms with Gasteiger partial charge in [-0.3, -0.25) is 4.79 Å². The van der Waals surface area contributed by atoms with E-state index in [9.17, 15) is 4.79 Å². The molecular formula is C14H14BrN3O. The van der Waals surface area contributed by atoms with Crippen LogP contribution in [0.1, 0.15) is 15.9 Å². The Labute approximate surface area is 119 Å². The summed E-state index contributed by atoms with van der Waals surface area (Å²) in [5, 5.41) is 2.80. The van der Waals surface area contributed by atoms with E-state index in [2.05, 4.69) is 21.2 Å². The minimum atomic E-state index is -0.179. The van der Waals surface area contributed by atoms with Crippen LogP contribution in [0.2, 0.25) is 0 Å². The minimum absolute atomic E-state index is 0.179. The summed E-state index contributed by atoms with van der Waals surface area (Å²) in [5.74, 6) is -0.179. The van der Waals surface area contributed by atoms with Gasteiger partial charge in [-0.2, -0.15) is 0 Å². The number of halogens is 1. The van der Waals surface area contributed by atoms with Crippen LogP contribution in [0.5, 0.6) is 0 Å². The highest BCUT2D eigenvalue weighted by Crippen LogP contribution is 2.19. The van der Waals surface area contributed by atoms with E-state index in [0.717, 1.165) is 10.0 Å². The third-order valence-electron chi connectivity index (χ3n) is 2.71. The summed E-state index contributed by atoms with van der Waals surface area (Å²) in [5.41, 5.74) is 14.0. The Morgan fingerprint density at radius 3 is 2.63 bits per heavy atom. The first-order valence-corrected chi connectivity index (χ1v) is 6.55. The molecule has 19 heavy (non-hydrogen) atoms. The zero-order valence-corrected chi connectivity index (χ0v) is 11.8. The molecule has 0 atom stereocenters. The van der Waals surface area contributed by atoms with Crippen molar-refractivity contribution in [3.63, 3.8) is 0 Å². The fraction of sp³-hybridized carbons (Fsp3) is 0.0714. The van der Waals surface area contributed by atoms with Crippen molar-refractivity contribution in [3.05, 3.63) is 58.1 Å². The fourth-order valence-corrected chi connectivity index (χ4v) is 2.09. The molecule has 5 N–H and O–H groups in total. The van der Waals surface area contributed by atoms with E-state index in [1.807, 2.05) is 18.2 Å².